The molecule has 0 fully saturated rings. The summed E-state index contributed by atoms with van der Waals surface area (Å²) in [6.45, 7) is 4.20. The van der Waals surface area contributed by atoms with Crippen molar-refractivity contribution in [1.82, 2.24) is 9.78 Å². The molecule has 0 aliphatic rings. The zero-order valence-electron chi connectivity index (χ0n) is 9.77. The quantitative estimate of drug-likeness (QED) is 0.552. The van der Waals surface area contributed by atoms with Crippen molar-refractivity contribution in [2.75, 3.05) is 7.11 Å². The summed E-state index contributed by atoms with van der Waals surface area (Å²) < 4.78 is 6.20. The first kappa shape index (κ1) is 12.4. The molecule has 0 aliphatic heterocycles. The van der Waals surface area contributed by atoms with Gasteiger partial charge in [0.05, 0.1) is 13.7 Å². The highest BCUT2D eigenvalue weighted by Crippen LogP contribution is 2.07. The molecule has 0 aliphatic carbocycles. The maximum Gasteiger partial charge on any atom is 0.313 e. The van der Waals surface area contributed by atoms with Crippen LogP contribution in [0.5, 0.6) is 0 Å². The third-order valence-electron chi connectivity index (χ3n) is 2.47. The van der Waals surface area contributed by atoms with Crippen molar-refractivity contribution in [1.29, 1.82) is 0 Å². The second kappa shape index (κ2) is 5.44. The molecule has 1 aromatic heterocycles. The molecule has 1 heterocycles. The Morgan fingerprint density at radius 3 is 2.75 bits per heavy atom. The molecule has 1 rings (SSSR count). The van der Waals surface area contributed by atoms with E-state index in [0.717, 1.165) is 5.69 Å². The average molecular weight is 224 g/mol. The van der Waals surface area contributed by atoms with Crippen molar-refractivity contribution in [2.45, 2.75) is 26.8 Å². The minimum Gasteiger partial charge on any atom is -0.469 e. The second-order valence-electron chi connectivity index (χ2n) is 3.77. The molecule has 88 valence electrons. The summed E-state index contributed by atoms with van der Waals surface area (Å²) >= 11 is 0. The third-order valence-corrected chi connectivity index (χ3v) is 2.47. The fraction of sp³-hybridized carbons (Fsp3) is 0.545. The van der Waals surface area contributed by atoms with E-state index in [2.05, 4.69) is 9.84 Å². The Balaban J connectivity index is 2.52. The van der Waals surface area contributed by atoms with Crippen molar-refractivity contribution in [3.05, 3.63) is 18.0 Å². The first-order valence-electron chi connectivity index (χ1n) is 5.12. The number of aryl methyl sites for hydroxylation is 1. The molecule has 5 nitrogen and oxygen atoms in total. The van der Waals surface area contributed by atoms with E-state index >= 15 is 0 Å². The number of hydrogen-bond acceptors (Lipinski definition) is 4. The molecule has 0 amide bonds. The van der Waals surface area contributed by atoms with Crippen LogP contribution in [-0.2, 0) is 20.9 Å². The number of carbonyl (C=O) groups is 2. The Bertz CT molecular complexity index is 384. The monoisotopic (exact) mass is 224 g/mol. The lowest BCUT2D eigenvalue weighted by Crippen LogP contribution is -2.21. The van der Waals surface area contributed by atoms with E-state index in [-0.39, 0.29) is 18.1 Å². The lowest BCUT2D eigenvalue weighted by atomic mass is 10.0. The van der Waals surface area contributed by atoms with Crippen LogP contribution in [0.1, 0.15) is 19.0 Å². The molecule has 0 saturated carbocycles. The van der Waals surface area contributed by atoms with Crippen LogP contribution in [0.3, 0.4) is 0 Å². The van der Waals surface area contributed by atoms with Crippen molar-refractivity contribution in [3.8, 4) is 0 Å². The predicted molar refractivity (Wildman–Crippen MR) is 57.8 cm³/mol. The first-order chi connectivity index (χ1) is 7.54. The van der Waals surface area contributed by atoms with Crippen LogP contribution in [0, 0.1) is 12.8 Å². The molecular formula is C11H16N2O3. The second-order valence-corrected chi connectivity index (χ2v) is 3.77. The van der Waals surface area contributed by atoms with Crippen molar-refractivity contribution in [2.24, 2.45) is 5.92 Å². The maximum absolute atomic E-state index is 11.6. The number of esters is 1. The molecule has 1 unspecified atom stereocenters. The fourth-order valence-corrected chi connectivity index (χ4v) is 1.34. The van der Waals surface area contributed by atoms with E-state index < -0.39 is 5.97 Å². The zero-order chi connectivity index (χ0) is 12.1. The van der Waals surface area contributed by atoms with E-state index in [1.807, 2.05) is 13.0 Å². The van der Waals surface area contributed by atoms with Crippen LogP contribution in [0.15, 0.2) is 12.3 Å². The van der Waals surface area contributed by atoms with E-state index in [1.54, 1.807) is 17.8 Å². The summed E-state index contributed by atoms with van der Waals surface area (Å²) in [5.74, 6) is -0.853. The highest BCUT2D eigenvalue weighted by Gasteiger charge is 2.18. The molecule has 0 saturated heterocycles. The van der Waals surface area contributed by atoms with E-state index in [9.17, 15) is 9.59 Å². The van der Waals surface area contributed by atoms with Gasteiger partial charge < -0.3 is 4.74 Å². The number of ether oxygens (including phenoxy) is 1. The van der Waals surface area contributed by atoms with Gasteiger partial charge in [-0.1, -0.05) is 6.92 Å². The molecule has 0 spiro atoms. The number of carbonyl (C=O) groups excluding carboxylic acids is 2. The normalized spacial score (nSPS) is 12.2. The summed E-state index contributed by atoms with van der Waals surface area (Å²) in [6.07, 6.45) is 1.52. The molecule has 0 bridgehead atoms. The Kier molecular flexibility index (Phi) is 4.22. The molecular weight excluding hydrogens is 208 g/mol. The highest BCUT2D eigenvalue weighted by molar-refractivity contribution is 5.96. The zero-order valence-corrected chi connectivity index (χ0v) is 9.77. The maximum atomic E-state index is 11.6. The lowest BCUT2D eigenvalue weighted by molar-refractivity contribution is -0.144. The summed E-state index contributed by atoms with van der Waals surface area (Å²) in [5.41, 5.74) is 0.998. The Hall–Kier alpha value is -1.65. The van der Waals surface area contributed by atoms with Gasteiger partial charge in [0.15, 0.2) is 0 Å². The lowest BCUT2D eigenvalue weighted by Gasteiger charge is -2.11. The minimum atomic E-state index is -0.492. The van der Waals surface area contributed by atoms with Gasteiger partial charge in [0, 0.05) is 17.8 Å². The Labute approximate surface area is 94.4 Å². The van der Waals surface area contributed by atoms with E-state index in [1.165, 1.54) is 7.11 Å². The topological polar surface area (TPSA) is 61.2 Å². The standard InChI is InChI=1S/C11H16N2O3/c1-8(10(14)6-11(15)16-3)7-13-9(2)4-5-12-13/h4-5,8H,6-7H2,1-3H3. The fourth-order valence-electron chi connectivity index (χ4n) is 1.34. The number of Topliss-reactive ketones (excluding diaryl/α,β-unsaturated/α-hetero) is 1. The van der Waals surface area contributed by atoms with Crippen LogP contribution in [0.4, 0.5) is 0 Å². The molecule has 0 aromatic carbocycles. The Morgan fingerprint density at radius 1 is 1.56 bits per heavy atom. The van der Waals surface area contributed by atoms with Gasteiger partial charge in [0.1, 0.15) is 12.2 Å². The highest BCUT2D eigenvalue weighted by atomic mass is 16.5. The van der Waals surface area contributed by atoms with Crippen LogP contribution in [0.2, 0.25) is 0 Å². The van der Waals surface area contributed by atoms with Crippen molar-refractivity contribution in [3.63, 3.8) is 0 Å². The van der Waals surface area contributed by atoms with Crippen LogP contribution >= 0.6 is 0 Å². The summed E-state index contributed by atoms with van der Waals surface area (Å²) in [5, 5.41) is 4.09. The third kappa shape index (κ3) is 3.18. The van der Waals surface area contributed by atoms with Gasteiger partial charge in [-0.25, -0.2) is 0 Å². The van der Waals surface area contributed by atoms with Gasteiger partial charge in [0.25, 0.3) is 0 Å². The van der Waals surface area contributed by atoms with Gasteiger partial charge in [-0.3, -0.25) is 14.3 Å². The van der Waals surface area contributed by atoms with Crippen LogP contribution in [-0.4, -0.2) is 28.6 Å². The average Bonchev–Trinajstić information content (AvgIpc) is 2.64. The SMILES string of the molecule is COC(=O)CC(=O)C(C)Cn1nccc1C. The number of nitrogens with zero attached hydrogens (tertiary/aromatic N) is 2. The number of hydrogen-bond donors (Lipinski definition) is 0. The van der Waals surface area contributed by atoms with Gasteiger partial charge >= 0.3 is 5.97 Å². The van der Waals surface area contributed by atoms with Gasteiger partial charge in [-0.15, -0.1) is 0 Å². The summed E-state index contributed by atoms with van der Waals surface area (Å²) in [4.78, 5) is 22.5. The smallest absolute Gasteiger partial charge is 0.313 e. The molecule has 5 heteroatoms. The first-order valence-corrected chi connectivity index (χ1v) is 5.12. The van der Waals surface area contributed by atoms with E-state index in [0.29, 0.717) is 6.54 Å². The molecule has 0 radical (unpaired) electrons. The molecule has 16 heavy (non-hydrogen) atoms. The van der Waals surface area contributed by atoms with Gasteiger partial charge in [-0.2, -0.15) is 5.10 Å². The van der Waals surface area contributed by atoms with Crippen molar-refractivity contribution >= 4 is 11.8 Å². The molecule has 0 N–H and O–H groups in total. The van der Waals surface area contributed by atoms with Gasteiger partial charge in [0.2, 0.25) is 0 Å². The van der Waals surface area contributed by atoms with Crippen LogP contribution < -0.4 is 0 Å². The molecule has 1 aromatic rings. The summed E-state index contributed by atoms with van der Waals surface area (Å²) in [7, 11) is 1.28. The van der Waals surface area contributed by atoms with Crippen molar-refractivity contribution < 1.29 is 14.3 Å². The number of methoxy groups -OCH3 is 1. The summed E-state index contributed by atoms with van der Waals surface area (Å²) in [6, 6.07) is 1.87. The number of rotatable bonds is 5. The Morgan fingerprint density at radius 2 is 2.25 bits per heavy atom. The number of aromatic nitrogens is 2. The van der Waals surface area contributed by atoms with Crippen LogP contribution in [0.25, 0.3) is 0 Å². The largest absolute Gasteiger partial charge is 0.469 e. The molecule has 1 atom stereocenters. The van der Waals surface area contributed by atoms with E-state index in [4.69, 9.17) is 0 Å². The number of ketones is 1. The van der Waals surface area contributed by atoms with Gasteiger partial charge in [-0.05, 0) is 13.0 Å². The minimum absolute atomic E-state index is 0.123. The predicted octanol–water partition coefficient (Wildman–Crippen LogP) is 0.960.